The highest BCUT2D eigenvalue weighted by atomic mass is 16.1. The monoisotopic (exact) mass is 253 g/mol. The fourth-order valence-corrected chi connectivity index (χ4v) is 2.21. The molecule has 2 aromatic carbocycles. The Kier molecular flexibility index (Phi) is 4.73. The summed E-state index contributed by atoms with van der Waals surface area (Å²) in [7, 11) is 0. The van der Waals surface area contributed by atoms with Crippen molar-refractivity contribution in [3.05, 3.63) is 71.8 Å². The summed E-state index contributed by atoms with van der Waals surface area (Å²) < 4.78 is 0. The van der Waals surface area contributed by atoms with Crippen molar-refractivity contribution < 1.29 is 4.79 Å². The maximum Gasteiger partial charge on any atom is 0.217 e. The predicted octanol–water partition coefficient (Wildman–Crippen LogP) is 3.50. The van der Waals surface area contributed by atoms with Gasteiger partial charge in [-0.1, -0.05) is 60.7 Å². The van der Waals surface area contributed by atoms with Crippen LogP contribution in [0.3, 0.4) is 0 Å². The number of nitrogens with one attached hydrogen (secondary N) is 1. The number of carbonyl (C=O) groups is 1. The fraction of sp³-hybridized carbons (Fsp3) is 0.235. The summed E-state index contributed by atoms with van der Waals surface area (Å²) in [5.41, 5.74) is 2.46. The number of hydrogen-bond donors (Lipinski definition) is 1. The zero-order valence-electron chi connectivity index (χ0n) is 11.2. The van der Waals surface area contributed by atoms with E-state index in [1.165, 1.54) is 5.56 Å². The molecule has 0 aliphatic heterocycles. The summed E-state index contributed by atoms with van der Waals surface area (Å²) in [4.78, 5) is 11.3. The molecule has 0 fully saturated rings. The van der Waals surface area contributed by atoms with Crippen LogP contribution in [-0.4, -0.2) is 5.91 Å². The minimum absolute atomic E-state index is 0.0157. The van der Waals surface area contributed by atoms with E-state index < -0.39 is 0 Å². The van der Waals surface area contributed by atoms with Crippen LogP contribution in [0.15, 0.2) is 60.7 Å². The van der Waals surface area contributed by atoms with Crippen molar-refractivity contribution in [3.63, 3.8) is 0 Å². The van der Waals surface area contributed by atoms with Crippen molar-refractivity contribution in [1.82, 2.24) is 5.32 Å². The third kappa shape index (κ3) is 4.25. The van der Waals surface area contributed by atoms with Crippen LogP contribution in [0.5, 0.6) is 0 Å². The van der Waals surface area contributed by atoms with Gasteiger partial charge in [-0.2, -0.15) is 0 Å². The molecule has 2 heteroatoms. The molecule has 1 atom stereocenters. The molecule has 2 nitrogen and oxygen atoms in total. The van der Waals surface area contributed by atoms with E-state index in [0.29, 0.717) is 0 Å². The second-order valence-corrected chi connectivity index (χ2v) is 4.69. The van der Waals surface area contributed by atoms with Gasteiger partial charge in [-0.25, -0.2) is 0 Å². The van der Waals surface area contributed by atoms with Gasteiger partial charge >= 0.3 is 0 Å². The first-order valence-corrected chi connectivity index (χ1v) is 6.61. The lowest BCUT2D eigenvalue weighted by molar-refractivity contribution is -0.119. The molecule has 0 aliphatic rings. The van der Waals surface area contributed by atoms with Crippen LogP contribution >= 0.6 is 0 Å². The van der Waals surface area contributed by atoms with Crippen molar-refractivity contribution in [3.8, 4) is 0 Å². The quantitative estimate of drug-likeness (QED) is 0.868. The van der Waals surface area contributed by atoms with Gasteiger partial charge in [0.15, 0.2) is 0 Å². The molecule has 98 valence electrons. The topological polar surface area (TPSA) is 29.1 Å². The van der Waals surface area contributed by atoms with Gasteiger partial charge in [-0.05, 0) is 24.0 Å². The number of rotatable bonds is 5. The standard InChI is InChI=1S/C17H19NO/c1-14(19)18-17(16-10-6-3-7-11-16)13-12-15-8-4-2-5-9-15/h2-11,17H,12-13H2,1H3,(H,18,19)/t17-/m0/s1. The van der Waals surface area contributed by atoms with Gasteiger partial charge in [0.05, 0.1) is 6.04 Å². The second-order valence-electron chi connectivity index (χ2n) is 4.69. The van der Waals surface area contributed by atoms with E-state index in [9.17, 15) is 4.79 Å². The van der Waals surface area contributed by atoms with E-state index in [-0.39, 0.29) is 11.9 Å². The number of benzene rings is 2. The van der Waals surface area contributed by atoms with E-state index in [1.54, 1.807) is 6.92 Å². The molecule has 0 heterocycles. The zero-order chi connectivity index (χ0) is 13.5. The molecule has 0 saturated heterocycles. The smallest absolute Gasteiger partial charge is 0.217 e. The van der Waals surface area contributed by atoms with Gasteiger partial charge in [-0.3, -0.25) is 4.79 Å². The fourth-order valence-electron chi connectivity index (χ4n) is 2.21. The molecule has 0 aliphatic carbocycles. The first-order chi connectivity index (χ1) is 9.25. The van der Waals surface area contributed by atoms with Crippen LogP contribution < -0.4 is 5.32 Å². The average molecular weight is 253 g/mol. The van der Waals surface area contributed by atoms with Crippen molar-refractivity contribution >= 4 is 5.91 Å². The second kappa shape index (κ2) is 6.74. The highest BCUT2D eigenvalue weighted by Crippen LogP contribution is 2.19. The average Bonchev–Trinajstić information content (AvgIpc) is 2.45. The number of amides is 1. The highest BCUT2D eigenvalue weighted by molar-refractivity contribution is 5.73. The molecule has 1 amide bonds. The lowest BCUT2D eigenvalue weighted by Crippen LogP contribution is -2.26. The number of carbonyl (C=O) groups excluding carboxylic acids is 1. The lowest BCUT2D eigenvalue weighted by Gasteiger charge is -2.18. The third-order valence-electron chi connectivity index (χ3n) is 3.14. The lowest BCUT2D eigenvalue weighted by atomic mass is 9.99. The van der Waals surface area contributed by atoms with Crippen molar-refractivity contribution in [2.75, 3.05) is 0 Å². The van der Waals surface area contributed by atoms with Gasteiger partial charge in [0, 0.05) is 6.92 Å². The molecule has 2 aromatic rings. The van der Waals surface area contributed by atoms with Gasteiger partial charge in [-0.15, -0.1) is 0 Å². The Balaban J connectivity index is 2.04. The van der Waals surface area contributed by atoms with Gasteiger partial charge < -0.3 is 5.32 Å². The SMILES string of the molecule is CC(=O)N[C@@H](CCc1ccccc1)c1ccccc1. The summed E-state index contributed by atoms with van der Waals surface area (Å²) >= 11 is 0. The van der Waals surface area contributed by atoms with Crippen LogP contribution in [0.4, 0.5) is 0 Å². The van der Waals surface area contributed by atoms with Crippen LogP contribution in [0.25, 0.3) is 0 Å². The van der Waals surface area contributed by atoms with E-state index in [2.05, 4.69) is 29.6 Å². The number of hydrogen-bond acceptors (Lipinski definition) is 1. The van der Waals surface area contributed by atoms with Crippen LogP contribution in [0.2, 0.25) is 0 Å². The molecular formula is C17H19NO. The van der Waals surface area contributed by atoms with E-state index >= 15 is 0 Å². The Morgan fingerprint density at radius 3 is 2.16 bits per heavy atom. The summed E-state index contributed by atoms with van der Waals surface area (Å²) in [5.74, 6) is 0.0157. The van der Waals surface area contributed by atoms with Crippen molar-refractivity contribution in [2.24, 2.45) is 0 Å². The van der Waals surface area contributed by atoms with E-state index in [4.69, 9.17) is 0 Å². The van der Waals surface area contributed by atoms with E-state index in [1.807, 2.05) is 36.4 Å². The summed E-state index contributed by atoms with van der Waals surface area (Å²) in [6.07, 6.45) is 1.87. The Morgan fingerprint density at radius 1 is 1.00 bits per heavy atom. The zero-order valence-corrected chi connectivity index (χ0v) is 11.2. The normalized spacial score (nSPS) is 11.8. The largest absolute Gasteiger partial charge is 0.350 e. The van der Waals surface area contributed by atoms with Crippen LogP contribution in [-0.2, 0) is 11.2 Å². The Bertz CT molecular complexity index is 507. The highest BCUT2D eigenvalue weighted by Gasteiger charge is 2.12. The summed E-state index contributed by atoms with van der Waals surface area (Å²) in [6.45, 7) is 1.57. The van der Waals surface area contributed by atoms with Gasteiger partial charge in [0.2, 0.25) is 5.91 Å². The molecule has 0 spiro atoms. The van der Waals surface area contributed by atoms with Crippen molar-refractivity contribution in [2.45, 2.75) is 25.8 Å². The molecule has 0 aromatic heterocycles. The van der Waals surface area contributed by atoms with Crippen molar-refractivity contribution in [1.29, 1.82) is 0 Å². The Hall–Kier alpha value is -2.09. The Labute approximate surface area is 114 Å². The van der Waals surface area contributed by atoms with E-state index in [0.717, 1.165) is 18.4 Å². The molecule has 1 N–H and O–H groups in total. The maximum atomic E-state index is 11.3. The molecule has 0 bridgehead atoms. The first kappa shape index (κ1) is 13.3. The molecule has 0 radical (unpaired) electrons. The van der Waals surface area contributed by atoms with Gasteiger partial charge in [0.25, 0.3) is 0 Å². The van der Waals surface area contributed by atoms with Crippen LogP contribution in [0.1, 0.15) is 30.5 Å². The maximum absolute atomic E-state index is 11.3. The molecule has 0 unspecified atom stereocenters. The molecular weight excluding hydrogens is 234 g/mol. The summed E-state index contributed by atoms with van der Waals surface area (Å²) in [5, 5.41) is 3.03. The minimum atomic E-state index is 0.0157. The predicted molar refractivity (Wildman–Crippen MR) is 77.8 cm³/mol. The molecule has 2 rings (SSSR count). The Morgan fingerprint density at radius 2 is 1.58 bits per heavy atom. The summed E-state index contributed by atoms with van der Waals surface area (Å²) in [6, 6.07) is 20.6. The molecule has 0 saturated carbocycles. The first-order valence-electron chi connectivity index (χ1n) is 6.61. The van der Waals surface area contributed by atoms with Gasteiger partial charge in [0.1, 0.15) is 0 Å². The third-order valence-corrected chi connectivity index (χ3v) is 3.14. The molecule has 19 heavy (non-hydrogen) atoms. The minimum Gasteiger partial charge on any atom is -0.350 e. The number of aryl methyl sites for hydroxylation is 1. The van der Waals surface area contributed by atoms with Crippen LogP contribution in [0, 0.1) is 0 Å².